The van der Waals surface area contributed by atoms with Gasteiger partial charge in [0.25, 0.3) is 0 Å². The highest BCUT2D eigenvalue weighted by molar-refractivity contribution is 7.11. The molecule has 0 aliphatic carbocycles. The lowest BCUT2D eigenvalue weighted by Gasteiger charge is -2.07. The molecule has 1 aromatic carbocycles. The van der Waals surface area contributed by atoms with Gasteiger partial charge in [0.2, 0.25) is 0 Å². The van der Waals surface area contributed by atoms with Crippen molar-refractivity contribution in [2.75, 3.05) is 5.32 Å². The van der Waals surface area contributed by atoms with E-state index < -0.39 is 0 Å². The molecule has 84 valence electrons. The van der Waals surface area contributed by atoms with E-state index in [1.54, 1.807) is 11.3 Å². The number of thiazole rings is 1. The average molecular weight is 253 g/mol. The predicted molar refractivity (Wildman–Crippen MR) is 70.4 cm³/mol. The summed E-state index contributed by atoms with van der Waals surface area (Å²) in [7, 11) is 0. The van der Waals surface area contributed by atoms with E-state index in [9.17, 15) is 0 Å². The third-order valence-electron chi connectivity index (χ3n) is 2.25. The number of aromatic nitrogens is 1. The lowest BCUT2D eigenvalue weighted by Crippen LogP contribution is -1.98. The lowest BCUT2D eigenvalue weighted by atomic mass is 10.2. The first-order valence-corrected chi connectivity index (χ1v) is 6.26. The van der Waals surface area contributed by atoms with E-state index in [1.807, 2.05) is 38.2 Å². The Kier molecular flexibility index (Phi) is 3.46. The maximum Gasteiger partial charge on any atom is 0.0897 e. The van der Waals surface area contributed by atoms with Crippen LogP contribution in [0.5, 0.6) is 0 Å². The molecule has 0 aliphatic heterocycles. The van der Waals surface area contributed by atoms with E-state index in [-0.39, 0.29) is 0 Å². The zero-order valence-electron chi connectivity index (χ0n) is 9.25. The Morgan fingerprint density at radius 1 is 1.38 bits per heavy atom. The Balaban J connectivity index is 2.04. The smallest absolute Gasteiger partial charge is 0.0897 e. The Labute approximate surface area is 104 Å². The van der Waals surface area contributed by atoms with Crippen LogP contribution in [-0.4, -0.2) is 4.98 Å². The van der Waals surface area contributed by atoms with Crippen molar-refractivity contribution in [1.29, 1.82) is 0 Å². The molecule has 0 amide bonds. The number of rotatable bonds is 3. The first-order valence-electron chi connectivity index (χ1n) is 5.06. The SMILES string of the molecule is Cc1ccc(NCc2cnc(C)s2)c(Cl)c1. The number of nitrogens with zero attached hydrogens (tertiary/aromatic N) is 1. The van der Waals surface area contributed by atoms with Gasteiger partial charge in [0.05, 0.1) is 22.3 Å². The van der Waals surface area contributed by atoms with E-state index in [1.165, 1.54) is 10.4 Å². The summed E-state index contributed by atoms with van der Waals surface area (Å²) in [6, 6.07) is 6.01. The van der Waals surface area contributed by atoms with Crippen LogP contribution in [-0.2, 0) is 6.54 Å². The van der Waals surface area contributed by atoms with Crippen LogP contribution in [0.1, 0.15) is 15.4 Å². The first kappa shape index (κ1) is 11.4. The Hall–Kier alpha value is -1.06. The molecule has 2 nitrogen and oxygen atoms in total. The van der Waals surface area contributed by atoms with Gasteiger partial charge in [0.1, 0.15) is 0 Å². The van der Waals surface area contributed by atoms with Crippen molar-refractivity contribution in [3.05, 3.63) is 44.9 Å². The normalized spacial score (nSPS) is 10.4. The van der Waals surface area contributed by atoms with Crippen molar-refractivity contribution < 1.29 is 0 Å². The molecular weight excluding hydrogens is 240 g/mol. The van der Waals surface area contributed by atoms with Crippen LogP contribution in [0.15, 0.2) is 24.4 Å². The number of halogens is 1. The summed E-state index contributed by atoms with van der Waals surface area (Å²) < 4.78 is 0. The molecule has 1 heterocycles. The van der Waals surface area contributed by atoms with Crippen molar-refractivity contribution in [3.8, 4) is 0 Å². The van der Waals surface area contributed by atoms with Crippen LogP contribution < -0.4 is 5.32 Å². The maximum absolute atomic E-state index is 6.13. The minimum atomic E-state index is 0.765. The third kappa shape index (κ3) is 2.74. The standard InChI is InChI=1S/C12H13ClN2S/c1-8-3-4-12(11(13)5-8)15-7-10-6-14-9(2)16-10/h3-6,15H,7H2,1-2H3. The summed E-state index contributed by atoms with van der Waals surface area (Å²) in [5.41, 5.74) is 2.14. The summed E-state index contributed by atoms with van der Waals surface area (Å²) in [5, 5.41) is 5.16. The molecule has 0 aliphatic rings. The molecule has 0 radical (unpaired) electrons. The van der Waals surface area contributed by atoms with Crippen molar-refractivity contribution in [2.24, 2.45) is 0 Å². The Bertz CT molecular complexity index is 494. The van der Waals surface area contributed by atoms with E-state index in [2.05, 4.69) is 10.3 Å². The van der Waals surface area contributed by atoms with Gasteiger partial charge in [0, 0.05) is 11.1 Å². The van der Waals surface area contributed by atoms with Gasteiger partial charge >= 0.3 is 0 Å². The zero-order valence-corrected chi connectivity index (χ0v) is 10.8. The fourth-order valence-corrected chi connectivity index (χ4v) is 2.47. The molecule has 0 bridgehead atoms. The molecule has 0 atom stereocenters. The molecule has 0 unspecified atom stereocenters. The van der Waals surface area contributed by atoms with Gasteiger partial charge < -0.3 is 5.32 Å². The first-order chi connectivity index (χ1) is 7.65. The van der Waals surface area contributed by atoms with E-state index in [0.717, 1.165) is 22.3 Å². The molecule has 0 spiro atoms. The van der Waals surface area contributed by atoms with E-state index in [0.29, 0.717) is 0 Å². The Morgan fingerprint density at radius 3 is 2.81 bits per heavy atom. The van der Waals surface area contributed by atoms with Crippen molar-refractivity contribution in [3.63, 3.8) is 0 Å². The second-order valence-electron chi connectivity index (χ2n) is 3.68. The molecule has 1 N–H and O–H groups in total. The third-order valence-corrected chi connectivity index (χ3v) is 3.47. The Morgan fingerprint density at radius 2 is 2.19 bits per heavy atom. The molecule has 0 saturated heterocycles. The summed E-state index contributed by atoms with van der Waals surface area (Å²) in [4.78, 5) is 5.43. The minimum Gasteiger partial charge on any atom is -0.379 e. The van der Waals surface area contributed by atoms with Gasteiger partial charge in [-0.15, -0.1) is 11.3 Å². The highest BCUT2D eigenvalue weighted by atomic mass is 35.5. The van der Waals surface area contributed by atoms with E-state index in [4.69, 9.17) is 11.6 Å². The van der Waals surface area contributed by atoms with Crippen LogP contribution in [0.4, 0.5) is 5.69 Å². The van der Waals surface area contributed by atoms with Crippen LogP contribution >= 0.6 is 22.9 Å². The molecule has 4 heteroatoms. The van der Waals surface area contributed by atoms with Crippen LogP contribution in [0, 0.1) is 13.8 Å². The number of hydrogen-bond acceptors (Lipinski definition) is 3. The van der Waals surface area contributed by atoms with Gasteiger partial charge in [-0.05, 0) is 31.5 Å². The number of benzene rings is 1. The fourth-order valence-electron chi connectivity index (χ4n) is 1.43. The van der Waals surface area contributed by atoms with Crippen molar-refractivity contribution >= 4 is 28.6 Å². The lowest BCUT2D eigenvalue weighted by molar-refractivity contribution is 1.17. The molecule has 2 rings (SSSR count). The van der Waals surface area contributed by atoms with Crippen molar-refractivity contribution in [2.45, 2.75) is 20.4 Å². The summed E-state index contributed by atoms with van der Waals surface area (Å²) in [5.74, 6) is 0. The van der Waals surface area contributed by atoms with Gasteiger partial charge in [0.15, 0.2) is 0 Å². The predicted octanol–water partition coefficient (Wildman–Crippen LogP) is 4.03. The van der Waals surface area contributed by atoms with Gasteiger partial charge in [-0.1, -0.05) is 17.7 Å². The summed E-state index contributed by atoms with van der Waals surface area (Å²) >= 11 is 7.83. The molecule has 1 aromatic heterocycles. The monoisotopic (exact) mass is 252 g/mol. The van der Waals surface area contributed by atoms with Crippen molar-refractivity contribution in [1.82, 2.24) is 4.98 Å². The molecule has 16 heavy (non-hydrogen) atoms. The highest BCUT2D eigenvalue weighted by Crippen LogP contribution is 2.23. The van der Waals surface area contributed by atoms with Crippen LogP contribution in [0.3, 0.4) is 0 Å². The van der Waals surface area contributed by atoms with E-state index >= 15 is 0 Å². The fraction of sp³-hybridized carbons (Fsp3) is 0.250. The highest BCUT2D eigenvalue weighted by Gasteiger charge is 2.01. The second-order valence-corrected chi connectivity index (χ2v) is 5.41. The molecule has 2 aromatic rings. The molecular formula is C12H13ClN2S. The van der Waals surface area contributed by atoms with Gasteiger partial charge in [-0.2, -0.15) is 0 Å². The summed E-state index contributed by atoms with van der Waals surface area (Å²) in [6.45, 7) is 4.81. The maximum atomic E-state index is 6.13. The van der Waals surface area contributed by atoms with Gasteiger partial charge in [-0.3, -0.25) is 0 Å². The molecule has 0 fully saturated rings. The average Bonchev–Trinajstić information content (AvgIpc) is 2.63. The quantitative estimate of drug-likeness (QED) is 0.892. The number of nitrogens with one attached hydrogen (secondary N) is 1. The number of aryl methyl sites for hydroxylation is 2. The number of hydrogen-bond donors (Lipinski definition) is 1. The summed E-state index contributed by atoms with van der Waals surface area (Å²) in [6.07, 6.45) is 1.90. The topological polar surface area (TPSA) is 24.9 Å². The molecule has 0 saturated carbocycles. The van der Waals surface area contributed by atoms with Crippen LogP contribution in [0.2, 0.25) is 5.02 Å². The second kappa shape index (κ2) is 4.85. The largest absolute Gasteiger partial charge is 0.379 e. The minimum absolute atomic E-state index is 0.765. The zero-order chi connectivity index (χ0) is 11.5. The van der Waals surface area contributed by atoms with Gasteiger partial charge in [-0.25, -0.2) is 4.98 Å². The van der Waals surface area contributed by atoms with Crippen LogP contribution in [0.25, 0.3) is 0 Å². The number of anilines is 1.